The fourth-order valence-electron chi connectivity index (χ4n) is 2.02. The molecule has 1 unspecified atom stereocenters. The maximum absolute atomic E-state index is 14.9. The van der Waals surface area contributed by atoms with Gasteiger partial charge in [-0.15, -0.1) is 0 Å². The number of hydrogen-bond donors (Lipinski definition) is 2. The third kappa shape index (κ3) is 2.68. The number of aromatic hydroxyl groups is 1. The van der Waals surface area contributed by atoms with E-state index in [4.69, 9.17) is 5.73 Å². The summed E-state index contributed by atoms with van der Waals surface area (Å²) in [5, 5.41) is 9.40. The topological polar surface area (TPSA) is 46.2 Å². The van der Waals surface area contributed by atoms with Crippen molar-refractivity contribution in [3.05, 3.63) is 65.7 Å². The number of phenols is 1. The first kappa shape index (κ1) is 12.6. The molecule has 2 aromatic rings. The highest BCUT2D eigenvalue weighted by Crippen LogP contribution is 2.30. The predicted molar refractivity (Wildman–Crippen MR) is 70.1 cm³/mol. The first-order valence-corrected chi connectivity index (χ1v) is 5.86. The summed E-state index contributed by atoms with van der Waals surface area (Å²) >= 11 is 0. The number of hydrogen-bond acceptors (Lipinski definition) is 2. The summed E-state index contributed by atoms with van der Waals surface area (Å²) in [5.74, 6) is 0.139. The molecule has 0 bridgehead atoms. The quantitative estimate of drug-likeness (QED) is 0.870. The van der Waals surface area contributed by atoms with Gasteiger partial charge in [-0.3, -0.25) is 0 Å². The van der Waals surface area contributed by atoms with Crippen molar-refractivity contribution in [3.8, 4) is 5.75 Å². The minimum atomic E-state index is -1.60. The van der Waals surface area contributed by atoms with Gasteiger partial charge in [0.2, 0.25) is 0 Å². The molecular weight excluding hydrogens is 229 g/mol. The lowest BCUT2D eigenvalue weighted by molar-refractivity contribution is 0.175. The number of rotatable bonds is 4. The van der Waals surface area contributed by atoms with Crippen LogP contribution in [0.15, 0.2) is 54.6 Å². The van der Waals surface area contributed by atoms with Crippen molar-refractivity contribution in [1.29, 1.82) is 0 Å². The van der Waals surface area contributed by atoms with Crippen molar-refractivity contribution in [2.45, 2.75) is 12.1 Å². The van der Waals surface area contributed by atoms with Crippen molar-refractivity contribution in [1.82, 2.24) is 0 Å². The summed E-state index contributed by atoms with van der Waals surface area (Å²) in [6.45, 7) is -0.0906. The minimum absolute atomic E-state index is 0.0906. The number of alkyl halides is 1. The lowest BCUT2D eigenvalue weighted by Gasteiger charge is -2.24. The van der Waals surface area contributed by atoms with Gasteiger partial charge in [0.25, 0.3) is 0 Å². The first-order valence-electron chi connectivity index (χ1n) is 5.86. The second-order valence-corrected chi connectivity index (χ2v) is 4.38. The van der Waals surface area contributed by atoms with Gasteiger partial charge in [-0.25, -0.2) is 4.39 Å². The van der Waals surface area contributed by atoms with Crippen LogP contribution in [-0.4, -0.2) is 11.7 Å². The second-order valence-electron chi connectivity index (χ2n) is 4.38. The molecule has 1 atom stereocenters. The van der Waals surface area contributed by atoms with Crippen LogP contribution in [0.3, 0.4) is 0 Å². The van der Waals surface area contributed by atoms with E-state index in [-0.39, 0.29) is 18.7 Å². The van der Waals surface area contributed by atoms with Crippen molar-refractivity contribution in [2.75, 3.05) is 6.54 Å². The highest BCUT2D eigenvalue weighted by molar-refractivity contribution is 5.31. The van der Waals surface area contributed by atoms with Crippen LogP contribution in [-0.2, 0) is 12.1 Å². The molecule has 0 saturated heterocycles. The zero-order chi connectivity index (χ0) is 13.0. The largest absolute Gasteiger partial charge is 0.508 e. The van der Waals surface area contributed by atoms with Crippen LogP contribution in [0.5, 0.6) is 5.75 Å². The third-order valence-corrected chi connectivity index (χ3v) is 3.01. The molecule has 18 heavy (non-hydrogen) atoms. The molecule has 0 aliphatic carbocycles. The van der Waals surface area contributed by atoms with E-state index in [0.717, 1.165) is 5.56 Å². The Morgan fingerprint density at radius 3 is 2.39 bits per heavy atom. The zero-order valence-electron chi connectivity index (χ0n) is 10.0. The lowest BCUT2D eigenvalue weighted by Crippen LogP contribution is -2.32. The van der Waals surface area contributed by atoms with Crippen LogP contribution in [0.25, 0.3) is 0 Å². The summed E-state index contributed by atoms with van der Waals surface area (Å²) in [7, 11) is 0. The van der Waals surface area contributed by atoms with Crippen LogP contribution in [0, 0.1) is 0 Å². The maximum Gasteiger partial charge on any atom is 0.152 e. The van der Waals surface area contributed by atoms with Gasteiger partial charge in [-0.2, -0.15) is 0 Å². The van der Waals surface area contributed by atoms with Gasteiger partial charge in [-0.1, -0.05) is 42.5 Å². The Hall–Kier alpha value is -1.87. The smallest absolute Gasteiger partial charge is 0.152 e. The fraction of sp³-hybridized carbons (Fsp3) is 0.200. The molecule has 0 amide bonds. The molecule has 0 saturated carbocycles. The third-order valence-electron chi connectivity index (χ3n) is 3.01. The molecule has 2 aromatic carbocycles. The molecule has 0 aliphatic heterocycles. The molecule has 3 N–H and O–H groups in total. The molecule has 0 aliphatic rings. The Balaban J connectivity index is 2.29. The van der Waals surface area contributed by atoms with Crippen molar-refractivity contribution in [2.24, 2.45) is 5.73 Å². The van der Waals surface area contributed by atoms with E-state index in [1.54, 1.807) is 48.5 Å². The van der Waals surface area contributed by atoms with Crippen LogP contribution < -0.4 is 5.73 Å². The first-order chi connectivity index (χ1) is 8.64. The van der Waals surface area contributed by atoms with Gasteiger partial charge in [-0.05, 0) is 23.3 Å². The standard InChI is InChI=1S/C15H16FNO/c16-15(11-17,13-6-2-1-3-7-13)10-12-5-4-8-14(18)9-12/h1-9,18H,10-11,17H2. The van der Waals surface area contributed by atoms with E-state index >= 15 is 0 Å². The van der Waals surface area contributed by atoms with E-state index in [1.165, 1.54) is 0 Å². The molecule has 0 aromatic heterocycles. The molecule has 0 fully saturated rings. The lowest BCUT2D eigenvalue weighted by atomic mass is 9.89. The molecule has 3 heteroatoms. The SMILES string of the molecule is NCC(F)(Cc1cccc(O)c1)c1ccccc1. The second kappa shape index (κ2) is 5.19. The Kier molecular flexibility index (Phi) is 3.63. The molecule has 0 spiro atoms. The minimum Gasteiger partial charge on any atom is -0.508 e. The van der Waals surface area contributed by atoms with E-state index in [0.29, 0.717) is 5.56 Å². The number of halogens is 1. The molecule has 0 radical (unpaired) electrons. The van der Waals surface area contributed by atoms with E-state index in [1.807, 2.05) is 6.07 Å². The van der Waals surface area contributed by atoms with E-state index in [9.17, 15) is 9.50 Å². The fourth-order valence-corrected chi connectivity index (χ4v) is 2.02. The van der Waals surface area contributed by atoms with Gasteiger partial charge in [0.05, 0.1) is 0 Å². The summed E-state index contributed by atoms with van der Waals surface area (Å²) in [4.78, 5) is 0. The van der Waals surface area contributed by atoms with Crippen molar-refractivity contribution >= 4 is 0 Å². The highest BCUT2D eigenvalue weighted by Gasteiger charge is 2.30. The maximum atomic E-state index is 14.9. The van der Waals surface area contributed by atoms with Gasteiger partial charge in [0.15, 0.2) is 5.67 Å². The number of benzene rings is 2. The van der Waals surface area contributed by atoms with Crippen LogP contribution in [0.2, 0.25) is 0 Å². The summed E-state index contributed by atoms with van der Waals surface area (Å²) in [5.41, 5.74) is 5.28. The summed E-state index contributed by atoms with van der Waals surface area (Å²) < 4.78 is 14.9. The van der Waals surface area contributed by atoms with Gasteiger partial charge in [0.1, 0.15) is 5.75 Å². The molecule has 94 valence electrons. The molecule has 0 heterocycles. The van der Waals surface area contributed by atoms with Gasteiger partial charge < -0.3 is 10.8 Å². The van der Waals surface area contributed by atoms with Gasteiger partial charge in [0, 0.05) is 13.0 Å². The highest BCUT2D eigenvalue weighted by atomic mass is 19.1. The van der Waals surface area contributed by atoms with Crippen LogP contribution in [0.1, 0.15) is 11.1 Å². The van der Waals surface area contributed by atoms with Crippen molar-refractivity contribution < 1.29 is 9.50 Å². The average molecular weight is 245 g/mol. The van der Waals surface area contributed by atoms with E-state index < -0.39 is 5.67 Å². The normalized spacial score (nSPS) is 14.1. The summed E-state index contributed by atoms with van der Waals surface area (Å²) in [6, 6.07) is 15.5. The van der Waals surface area contributed by atoms with Crippen LogP contribution >= 0.6 is 0 Å². The summed E-state index contributed by atoms with van der Waals surface area (Å²) in [6.07, 6.45) is 0.155. The molecule has 2 nitrogen and oxygen atoms in total. The molecule has 2 rings (SSSR count). The Labute approximate surface area is 106 Å². The monoisotopic (exact) mass is 245 g/mol. The van der Waals surface area contributed by atoms with Gasteiger partial charge >= 0.3 is 0 Å². The zero-order valence-corrected chi connectivity index (χ0v) is 10.0. The Bertz CT molecular complexity index is 515. The number of nitrogens with two attached hydrogens (primary N) is 1. The Morgan fingerprint density at radius 1 is 1.06 bits per heavy atom. The van der Waals surface area contributed by atoms with E-state index in [2.05, 4.69) is 0 Å². The predicted octanol–water partition coefficient (Wildman–Crippen LogP) is 2.76. The van der Waals surface area contributed by atoms with Crippen molar-refractivity contribution in [3.63, 3.8) is 0 Å². The van der Waals surface area contributed by atoms with Crippen LogP contribution in [0.4, 0.5) is 4.39 Å². The Morgan fingerprint density at radius 2 is 1.78 bits per heavy atom. The number of phenolic OH excluding ortho intramolecular Hbond substituents is 1. The average Bonchev–Trinajstić information content (AvgIpc) is 2.39. The molecular formula is C15H16FNO.